The minimum atomic E-state index is -1.12. The molecule has 0 aliphatic heterocycles. The number of rotatable bonds is 9. The van der Waals surface area contributed by atoms with Crippen LogP contribution >= 0.6 is 0 Å². The van der Waals surface area contributed by atoms with Gasteiger partial charge in [0, 0.05) is 12.2 Å². The number of carboxylic acids is 1. The lowest BCUT2D eigenvalue weighted by atomic mass is 9.69. The van der Waals surface area contributed by atoms with Crippen LogP contribution in [0.3, 0.4) is 0 Å². The molecular formula is C28H32N2O5. The van der Waals surface area contributed by atoms with E-state index in [1.807, 2.05) is 19.1 Å². The van der Waals surface area contributed by atoms with E-state index in [1.54, 1.807) is 12.1 Å². The van der Waals surface area contributed by atoms with E-state index in [0.717, 1.165) is 24.1 Å². The SMILES string of the molecule is CCc1c(C(=O)C(N)=O)c2c(OCC(=O)O)cccc2n1CC1CCCC(C)C1c1ccccc1. The number of carbonyl (C=O) groups is 3. The Morgan fingerprint density at radius 2 is 1.83 bits per heavy atom. The Balaban J connectivity index is 1.86. The predicted molar refractivity (Wildman–Crippen MR) is 134 cm³/mol. The highest BCUT2D eigenvalue weighted by atomic mass is 16.5. The maximum atomic E-state index is 13.0. The van der Waals surface area contributed by atoms with E-state index in [4.69, 9.17) is 15.6 Å². The van der Waals surface area contributed by atoms with Gasteiger partial charge in [0.2, 0.25) is 0 Å². The zero-order chi connectivity index (χ0) is 25.1. The standard InChI is InChI=1S/C28H32N2O5/c1-3-20-26(27(33)28(29)34)25-21(13-8-14-22(25)35-16-23(31)32)30(20)15-19-12-7-9-17(2)24(19)18-10-5-4-6-11-18/h4-6,8,10-11,13-14,17,19,24H,3,7,9,12,15-16H2,1-2H3,(H2,29,34)(H,31,32). The summed E-state index contributed by atoms with van der Waals surface area (Å²) in [6, 6.07) is 15.9. The third-order valence-corrected chi connectivity index (χ3v) is 7.25. The Kier molecular flexibility index (Phi) is 7.24. The van der Waals surface area contributed by atoms with E-state index in [9.17, 15) is 14.4 Å². The molecule has 2 aromatic carbocycles. The molecule has 7 nitrogen and oxygen atoms in total. The average Bonchev–Trinajstić information content (AvgIpc) is 3.16. The van der Waals surface area contributed by atoms with E-state index < -0.39 is 24.3 Å². The van der Waals surface area contributed by atoms with Gasteiger partial charge in [-0.3, -0.25) is 9.59 Å². The number of Topliss-reactive ketones (excluding diaryl/α,β-unsaturated/α-hetero) is 1. The number of fused-ring (bicyclic) bond motifs is 1. The zero-order valence-electron chi connectivity index (χ0n) is 20.2. The Labute approximate surface area is 204 Å². The van der Waals surface area contributed by atoms with Crippen LogP contribution in [0.1, 0.15) is 60.6 Å². The third kappa shape index (κ3) is 4.81. The molecular weight excluding hydrogens is 444 g/mol. The van der Waals surface area contributed by atoms with Crippen LogP contribution in [0.5, 0.6) is 5.75 Å². The maximum absolute atomic E-state index is 13.0. The Morgan fingerprint density at radius 1 is 1.09 bits per heavy atom. The largest absolute Gasteiger partial charge is 0.481 e. The lowest BCUT2D eigenvalue weighted by Gasteiger charge is -2.38. The summed E-state index contributed by atoms with van der Waals surface area (Å²) in [5, 5.41) is 9.58. The molecule has 3 unspecified atom stereocenters. The van der Waals surface area contributed by atoms with Crippen molar-refractivity contribution in [2.75, 3.05) is 6.61 Å². The summed E-state index contributed by atoms with van der Waals surface area (Å²) in [5.74, 6) is -1.46. The van der Waals surface area contributed by atoms with Crippen LogP contribution in [0.15, 0.2) is 48.5 Å². The topological polar surface area (TPSA) is 112 Å². The van der Waals surface area contributed by atoms with Crippen molar-refractivity contribution in [2.24, 2.45) is 17.6 Å². The number of aliphatic carboxylic acids is 1. The van der Waals surface area contributed by atoms with E-state index in [2.05, 4.69) is 35.8 Å². The van der Waals surface area contributed by atoms with Crippen molar-refractivity contribution in [3.63, 3.8) is 0 Å². The van der Waals surface area contributed by atoms with Gasteiger partial charge in [-0.25, -0.2) is 4.79 Å². The first-order valence-electron chi connectivity index (χ1n) is 12.2. The van der Waals surface area contributed by atoms with Gasteiger partial charge in [0.15, 0.2) is 6.61 Å². The average molecular weight is 477 g/mol. The monoisotopic (exact) mass is 476 g/mol. The van der Waals surface area contributed by atoms with Crippen LogP contribution < -0.4 is 10.5 Å². The number of nitrogens with zero attached hydrogens (tertiary/aromatic N) is 1. The summed E-state index contributed by atoms with van der Waals surface area (Å²) >= 11 is 0. The smallest absolute Gasteiger partial charge is 0.341 e. The molecule has 3 atom stereocenters. The molecule has 0 spiro atoms. The Morgan fingerprint density at radius 3 is 2.49 bits per heavy atom. The lowest BCUT2D eigenvalue weighted by Crippen LogP contribution is -2.29. The second-order valence-electron chi connectivity index (χ2n) is 9.42. The number of hydrogen-bond acceptors (Lipinski definition) is 4. The number of amides is 1. The Bertz CT molecular complexity index is 1250. The highest BCUT2D eigenvalue weighted by Gasteiger charge is 2.34. The molecule has 1 aliphatic carbocycles. The summed E-state index contributed by atoms with van der Waals surface area (Å²) in [4.78, 5) is 36.2. The fourth-order valence-electron chi connectivity index (χ4n) is 5.87. The van der Waals surface area contributed by atoms with Gasteiger partial charge in [0.1, 0.15) is 5.75 Å². The minimum absolute atomic E-state index is 0.219. The molecule has 4 rings (SSSR count). The van der Waals surface area contributed by atoms with Gasteiger partial charge in [-0.05, 0) is 48.3 Å². The van der Waals surface area contributed by atoms with Crippen LogP contribution in [0, 0.1) is 11.8 Å². The van der Waals surface area contributed by atoms with E-state index >= 15 is 0 Å². The van der Waals surface area contributed by atoms with Gasteiger partial charge in [-0.1, -0.05) is 63.1 Å². The van der Waals surface area contributed by atoms with Gasteiger partial charge in [-0.15, -0.1) is 0 Å². The number of benzene rings is 2. The molecule has 1 saturated carbocycles. The molecule has 1 amide bonds. The van der Waals surface area contributed by atoms with Crippen LogP contribution in [-0.4, -0.2) is 33.9 Å². The van der Waals surface area contributed by atoms with E-state index in [-0.39, 0.29) is 11.3 Å². The van der Waals surface area contributed by atoms with Crippen LogP contribution in [-0.2, 0) is 22.6 Å². The van der Waals surface area contributed by atoms with Gasteiger partial charge in [0.25, 0.3) is 11.7 Å². The summed E-state index contributed by atoms with van der Waals surface area (Å²) < 4.78 is 7.67. The van der Waals surface area contributed by atoms with Crippen LogP contribution in [0.4, 0.5) is 0 Å². The van der Waals surface area contributed by atoms with Crippen LogP contribution in [0.25, 0.3) is 10.9 Å². The highest BCUT2D eigenvalue weighted by Crippen LogP contribution is 2.44. The van der Waals surface area contributed by atoms with Crippen molar-refractivity contribution in [3.8, 4) is 5.75 Å². The number of ketones is 1. The molecule has 0 radical (unpaired) electrons. The van der Waals surface area contributed by atoms with Crippen LogP contribution in [0.2, 0.25) is 0 Å². The minimum Gasteiger partial charge on any atom is -0.481 e. The number of nitrogens with two attached hydrogens (primary N) is 1. The van der Waals surface area contributed by atoms with E-state index in [1.165, 1.54) is 12.0 Å². The molecule has 35 heavy (non-hydrogen) atoms. The first-order valence-corrected chi connectivity index (χ1v) is 12.2. The molecule has 1 aliphatic rings. The first-order chi connectivity index (χ1) is 16.8. The number of hydrogen-bond donors (Lipinski definition) is 2. The lowest BCUT2D eigenvalue weighted by molar-refractivity contribution is -0.139. The van der Waals surface area contributed by atoms with Gasteiger partial charge >= 0.3 is 5.97 Å². The Hall–Kier alpha value is -3.61. The highest BCUT2D eigenvalue weighted by molar-refractivity contribution is 6.45. The molecule has 7 heteroatoms. The van der Waals surface area contributed by atoms with Crippen molar-refractivity contribution in [1.29, 1.82) is 0 Å². The number of carboxylic acid groups (broad SMARTS) is 1. The third-order valence-electron chi connectivity index (χ3n) is 7.25. The molecule has 3 N–H and O–H groups in total. The second kappa shape index (κ2) is 10.3. The number of ether oxygens (including phenoxy) is 1. The predicted octanol–water partition coefficient (Wildman–Crippen LogP) is 4.56. The van der Waals surface area contributed by atoms with Crippen molar-refractivity contribution in [1.82, 2.24) is 4.57 Å². The first kappa shape index (κ1) is 24.5. The molecule has 1 heterocycles. The summed E-state index contributed by atoms with van der Waals surface area (Å²) in [5.41, 5.74) is 8.44. The normalized spacial score (nSPS) is 20.0. The quantitative estimate of drug-likeness (QED) is 0.347. The van der Waals surface area contributed by atoms with Gasteiger partial charge < -0.3 is 20.1 Å². The summed E-state index contributed by atoms with van der Waals surface area (Å²) in [6.07, 6.45) is 3.87. The summed E-state index contributed by atoms with van der Waals surface area (Å²) in [6.45, 7) is 4.38. The molecule has 3 aromatic rings. The number of aromatic nitrogens is 1. The molecule has 0 bridgehead atoms. The van der Waals surface area contributed by atoms with Crippen molar-refractivity contribution in [2.45, 2.75) is 52.0 Å². The fourth-order valence-corrected chi connectivity index (χ4v) is 5.87. The number of carbonyl (C=O) groups excluding carboxylic acids is 2. The molecule has 0 saturated heterocycles. The van der Waals surface area contributed by atoms with Gasteiger partial charge in [0.05, 0.1) is 16.5 Å². The molecule has 1 fully saturated rings. The summed E-state index contributed by atoms with van der Waals surface area (Å²) in [7, 11) is 0. The van der Waals surface area contributed by atoms with E-state index in [0.29, 0.717) is 36.1 Å². The second-order valence-corrected chi connectivity index (χ2v) is 9.42. The molecule has 184 valence electrons. The zero-order valence-corrected chi connectivity index (χ0v) is 20.2. The maximum Gasteiger partial charge on any atom is 0.341 e. The van der Waals surface area contributed by atoms with Crippen molar-refractivity contribution in [3.05, 3.63) is 65.4 Å². The molecule has 1 aromatic heterocycles. The van der Waals surface area contributed by atoms with Crippen molar-refractivity contribution >= 4 is 28.6 Å². The fraction of sp³-hybridized carbons (Fsp3) is 0.393. The van der Waals surface area contributed by atoms with Gasteiger partial charge in [-0.2, -0.15) is 0 Å². The van der Waals surface area contributed by atoms with Crippen molar-refractivity contribution < 1.29 is 24.2 Å². The number of primary amides is 1.